The van der Waals surface area contributed by atoms with Gasteiger partial charge in [0.15, 0.2) is 0 Å². The summed E-state index contributed by atoms with van der Waals surface area (Å²) in [7, 11) is 3.78. The van der Waals surface area contributed by atoms with Crippen molar-refractivity contribution in [1.82, 2.24) is 25.3 Å². The maximum atomic E-state index is 5.31. The zero-order chi connectivity index (χ0) is 18.8. The van der Waals surface area contributed by atoms with Crippen LogP contribution < -0.4 is 4.74 Å². The molecule has 4 aromatic rings. The number of methoxy groups -OCH3 is 1. The maximum absolute atomic E-state index is 5.31. The average Bonchev–Trinajstić information content (AvgIpc) is 3.29. The lowest BCUT2D eigenvalue weighted by Gasteiger charge is -2.15. The first kappa shape index (κ1) is 17.3. The molecular weight excluding hydrogens is 338 g/mol. The molecule has 27 heavy (non-hydrogen) atoms. The molecule has 6 nitrogen and oxygen atoms in total. The summed E-state index contributed by atoms with van der Waals surface area (Å²) < 4.78 is 5.31. The molecule has 6 heteroatoms. The van der Waals surface area contributed by atoms with E-state index < -0.39 is 0 Å². The highest BCUT2D eigenvalue weighted by molar-refractivity contribution is 5.88. The van der Waals surface area contributed by atoms with Crippen molar-refractivity contribution in [2.24, 2.45) is 0 Å². The van der Waals surface area contributed by atoms with Gasteiger partial charge in [0.1, 0.15) is 5.75 Å². The van der Waals surface area contributed by atoms with E-state index in [-0.39, 0.29) is 0 Å². The molecule has 0 aliphatic rings. The predicted molar refractivity (Wildman–Crippen MR) is 107 cm³/mol. The Hall–Kier alpha value is -3.12. The molecule has 0 atom stereocenters. The largest absolute Gasteiger partial charge is 0.497 e. The molecule has 4 rings (SSSR count). The standard InChI is InChI=1S/C21H23N5O/c1-14-8-19(24-23-14)13-26(2)12-18-11-22-25-21(18)17-5-4-16-10-20(27-3)7-6-15(16)9-17/h4-11H,12-13H2,1-3H3,(H,22,25)(H,23,24). The fourth-order valence-electron chi connectivity index (χ4n) is 3.37. The average molecular weight is 361 g/mol. The Morgan fingerprint density at radius 1 is 1.00 bits per heavy atom. The van der Waals surface area contributed by atoms with E-state index in [0.29, 0.717) is 0 Å². The van der Waals surface area contributed by atoms with Crippen LogP contribution in [0.4, 0.5) is 0 Å². The molecule has 0 amide bonds. The predicted octanol–water partition coefficient (Wildman–Crippen LogP) is 3.90. The molecule has 0 fully saturated rings. The number of benzene rings is 2. The van der Waals surface area contributed by atoms with Crippen LogP contribution in [0.15, 0.2) is 48.7 Å². The van der Waals surface area contributed by atoms with Gasteiger partial charge in [-0.15, -0.1) is 0 Å². The fourth-order valence-corrected chi connectivity index (χ4v) is 3.37. The minimum atomic E-state index is 0.784. The Morgan fingerprint density at radius 2 is 1.81 bits per heavy atom. The molecule has 0 spiro atoms. The van der Waals surface area contributed by atoms with E-state index in [2.05, 4.69) is 62.7 Å². The Bertz CT molecular complexity index is 1070. The molecule has 2 heterocycles. The molecule has 0 unspecified atom stereocenters. The van der Waals surface area contributed by atoms with Crippen LogP contribution in [-0.4, -0.2) is 39.5 Å². The zero-order valence-corrected chi connectivity index (χ0v) is 15.8. The van der Waals surface area contributed by atoms with Gasteiger partial charge in [0.25, 0.3) is 0 Å². The van der Waals surface area contributed by atoms with E-state index >= 15 is 0 Å². The van der Waals surface area contributed by atoms with Gasteiger partial charge in [-0.3, -0.25) is 15.1 Å². The van der Waals surface area contributed by atoms with Crippen LogP contribution >= 0.6 is 0 Å². The summed E-state index contributed by atoms with van der Waals surface area (Å²) >= 11 is 0. The Morgan fingerprint density at radius 3 is 2.59 bits per heavy atom. The molecule has 0 saturated heterocycles. The third-order valence-corrected chi connectivity index (χ3v) is 4.69. The van der Waals surface area contributed by atoms with Crippen LogP contribution in [0.2, 0.25) is 0 Å². The summed E-state index contributed by atoms with van der Waals surface area (Å²) in [5.41, 5.74) is 5.47. The summed E-state index contributed by atoms with van der Waals surface area (Å²) in [6.45, 7) is 3.59. The lowest BCUT2D eigenvalue weighted by Crippen LogP contribution is -2.17. The second-order valence-electron chi connectivity index (χ2n) is 6.91. The van der Waals surface area contributed by atoms with E-state index in [1.165, 1.54) is 5.39 Å². The number of rotatable bonds is 6. The quantitative estimate of drug-likeness (QED) is 0.546. The molecule has 138 valence electrons. The number of nitrogens with one attached hydrogen (secondary N) is 2. The van der Waals surface area contributed by atoms with Crippen LogP contribution in [0.5, 0.6) is 5.75 Å². The molecular formula is C21H23N5O. The number of hydrogen-bond acceptors (Lipinski definition) is 4. The van der Waals surface area contributed by atoms with Crippen LogP contribution in [-0.2, 0) is 13.1 Å². The first-order valence-corrected chi connectivity index (χ1v) is 8.92. The summed E-state index contributed by atoms with van der Waals surface area (Å²) in [5.74, 6) is 0.868. The summed E-state index contributed by atoms with van der Waals surface area (Å²) in [5, 5.41) is 17.1. The lowest BCUT2D eigenvalue weighted by atomic mass is 10.0. The van der Waals surface area contributed by atoms with E-state index in [0.717, 1.165) is 52.4 Å². The van der Waals surface area contributed by atoms with Crippen LogP contribution in [0, 0.1) is 6.92 Å². The number of aromatic nitrogens is 4. The first-order valence-electron chi connectivity index (χ1n) is 8.92. The highest BCUT2D eigenvalue weighted by atomic mass is 16.5. The summed E-state index contributed by atoms with van der Waals surface area (Å²) in [6, 6.07) is 14.6. The number of aromatic amines is 2. The molecule has 0 radical (unpaired) electrons. The molecule has 0 saturated carbocycles. The van der Waals surface area contributed by atoms with Gasteiger partial charge < -0.3 is 4.74 Å². The maximum Gasteiger partial charge on any atom is 0.119 e. The molecule has 0 aliphatic carbocycles. The molecule has 0 aliphatic heterocycles. The van der Waals surface area contributed by atoms with Gasteiger partial charge in [-0.25, -0.2) is 0 Å². The topological polar surface area (TPSA) is 69.8 Å². The van der Waals surface area contributed by atoms with Crippen molar-refractivity contribution in [3.63, 3.8) is 0 Å². The second-order valence-corrected chi connectivity index (χ2v) is 6.91. The van der Waals surface area contributed by atoms with Crippen molar-refractivity contribution >= 4 is 10.8 Å². The van der Waals surface area contributed by atoms with E-state index in [9.17, 15) is 0 Å². The van der Waals surface area contributed by atoms with Crippen molar-refractivity contribution in [3.05, 3.63) is 65.6 Å². The molecule has 2 N–H and O–H groups in total. The number of hydrogen-bond donors (Lipinski definition) is 2. The smallest absolute Gasteiger partial charge is 0.119 e. The van der Waals surface area contributed by atoms with E-state index in [1.54, 1.807) is 7.11 Å². The van der Waals surface area contributed by atoms with E-state index in [4.69, 9.17) is 4.74 Å². The van der Waals surface area contributed by atoms with Gasteiger partial charge in [-0.05, 0) is 49.0 Å². The summed E-state index contributed by atoms with van der Waals surface area (Å²) in [4.78, 5) is 2.23. The number of H-pyrrole nitrogens is 2. The highest BCUT2D eigenvalue weighted by Crippen LogP contribution is 2.28. The first-order chi connectivity index (χ1) is 13.1. The van der Waals surface area contributed by atoms with Gasteiger partial charge in [-0.1, -0.05) is 18.2 Å². The van der Waals surface area contributed by atoms with Gasteiger partial charge in [-0.2, -0.15) is 10.2 Å². The van der Waals surface area contributed by atoms with Gasteiger partial charge >= 0.3 is 0 Å². The molecule has 2 aromatic heterocycles. The van der Waals surface area contributed by atoms with E-state index in [1.807, 2.05) is 25.3 Å². The Balaban J connectivity index is 1.56. The monoisotopic (exact) mass is 361 g/mol. The molecule has 0 bridgehead atoms. The van der Waals surface area contributed by atoms with Crippen molar-refractivity contribution in [3.8, 4) is 17.0 Å². The SMILES string of the molecule is COc1ccc2cc(-c3[nH]ncc3CN(C)Cc3cc(C)[nH]n3)ccc2c1. The second kappa shape index (κ2) is 7.25. The fraction of sp³-hybridized carbons (Fsp3) is 0.238. The van der Waals surface area contributed by atoms with Gasteiger partial charge in [0.05, 0.1) is 24.7 Å². The van der Waals surface area contributed by atoms with Crippen molar-refractivity contribution in [2.75, 3.05) is 14.2 Å². The zero-order valence-electron chi connectivity index (χ0n) is 15.8. The highest BCUT2D eigenvalue weighted by Gasteiger charge is 2.12. The third kappa shape index (κ3) is 3.71. The van der Waals surface area contributed by atoms with Crippen molar-refractivity contribution in [2.45, 2.75) is 20.0 Å². The normalized spacial score (nSPS) is 11.4. The lowest BCUT2D eigenvalue weighted by molar-refractivity contribution is 0.315. The number of fused-ring (bicyclic) bond motifs is 1. The Kier molecular flexibility index (Phi) is 4.64. The Labute approximate surface area is 158 Å². The third-order valence-electron chi connectivity index (χ3n) is 4.69. The minimum absolute atomic E-state index is 0.784. The van der Waals surface area contributed by atoms with Crippen LogP contribution in [0.25, 0.3) is 22.0 Å². The van der Waals surface area contributed by atoms with Crippen LogP contribution in [0.3, 0.4) is 0 Å². The minimum Gasteiger partial charge on any atom is -0.497 e. The van der Waals surface area contributed by atoms with Crippen LogP contribution in [0.1, 0.15) is 17.0 Å². The van der Waals surface area contributed by atoms with Gasteiger partial charge in [0, 0.05) is 29.9 Å². The van der Waals surface area contributed by atoms with Crippen molar-refractivity contribution < 1.29 is 4.74 Å². The molecule has 2 aromatic carbocycles. The number of nitrogens with zero attached hydrogens (tertiary/aromatic N) is 3. The van der Waals surface area contributed by atoms with Crippen molar-refractivity contribution in [1.29, 1.82) is 0 Å². The van der Waals surface area contributed by atoms with Gasteiger partial charge in [0.2, 0.25) is 0 Å². The number of aryl methyl sites for hydroxylation is 1. The summed E-state index contributed by atoms with van der Waals surface area (Å²) in [6.07, 6.45) is 1.90. The number of ether oxygens (including phenoxy) is 1.